The number of likely N-dealkylation sites (N-methyl/N-ethyl adjacent to an activating group) is 1. The number of benzene rings is 2. The first-order valence-electron chi connectivity index (χ1n) is 10.8. The first kappa shape index (κ1) is 27.2. The molecule has 3 rings (SSSR count). The van der Waals surface area contributed by atoms with Gasteiger partial charge in [0.05, 0.1) is 23.4 Å². The predicted octanol–water partition coefficient (Wildman–Crippen LogP) is 6.16. The summed E-state index contributed by atoms with van der Waals surface area (Å²) < 4.78 is 12.0. The van der Waals surface area contributed by atoms with E-state index in [1.54, 1.807) is 36.3 Å². The van der Waals surface area contributed by atoms with E-state index < -0.39 is 0 Å². The predicted molar refractivity (Wildman–Crippen MR) is 140 cm³/mol. The van der Waals surface area contributed by atoms with Crippen LogP contribution in [0.2, 0.25) is 5.02 Å². The second kappa shape index (κ2) is 13.0. The third-order valence-electron chi connectivity index (χ3n) is 5.03. The molecule has 2 aromatic carbocycles. The Labute approximate surface area is 210 Å². The van der Waals surface area contributed by atoms with Crippen LogP contribution < -0.4 is 14.4 Å². The van der Waals surface area contributed by atoms with E-state index >= 15 is 0 Å². The molecule has 0 spiro atoms. The van der Waals surface area contributed by atoms with Gasteiger partial charge >= 0.3 is 0 Å². The van der Waals surface area contributed by atoms with Gasteiger partial charge in [-0.3, -0.25) is 9.69 Å². The zero-order valence-electron chi connectivity index (χ0n) is 19.5. The molecule has 1 amide bonds. The fourth-order valence-corrected chi connectivity index (χ4v) is 4.48. The summed E-state index contributed by atoms with van der Waals surface area (Å²) in [5, 5.41) is 1.19. The number of amides is 1. The molecule has 0 atom stereocenters. The maximum absolute atomic E-state index is 13.5. The van der Waals surface area contributed by atoms with E-state index in [-0.39, 0.29) is 18.3 Å². The van der Waals surface area contributed by atoms with Crippen LogP contribution in [0.4, 0.5) is 5.13 Å². The summed E-state index contributed by atoms with van der Waals surface area (Å²) in [6.07, 6.45) is 3.33. The Hall–Kier alpha value is -2.06. The van der Waals surface area contributed by atoms with Gasteiger partial charge in [0, 0.05) is 18.7 Å². The minimum atomic E-state index is -0.112. The van der Waals surface area contributed by atoms with Gasteiger partial charge in [0.25, 0.3) is 5.91 Å². The number of unbranched alkanes of at least 4 members (excludes halogenated alkanes) is 2. The highest BCUT2D eigenvalue weighted by Gasteiger charge is 2.23. The van der Waals surface area contributed by atoms with Crippen molar-refractivity contribution in [3.05, 3.63) is 47.0 Å². The lowest BCUT2D eigenvalue weighted by Crippen LogP contribution is -2.36. The zero-order chi connectivity index (χ0) is 23.1. The molecule has 0 aliphatic rings. The van der Waals surface area contributed by atoms with Crippen LogP contribution in [0.25, 0.3) is 10.2 Å². The van der Waals surface area contributed by atoms with Crippen molar-refractivity contribution < 1.29 is 14.3 Å². The van der Waals surface area contributed by atoms with Gasteiger partial charge < -0.3 is 14.4 Å². The SMILES string of the molecule is CCCCCOc1ccc(C(=O)N(CCN(C)C)c2nc3c(OC)ccc(Cl)c3s2)cc1.Cl. The van der Waals surface area contributed by atoms with Gasteiger partial charge in [0.2, 0.25) is 0 Å². The Morgan fingerprint density at radius 3 is 2.45 bits per heavy atom. The smallest absolute Gasteiger partial charge is 0.260 e. The molecule has 0 saturated heterocycles. The molecular formula is C24H31Cl2N3O3S. The second-order valence-corrected chi connectivity index (χ2v) is 9.15. The Kier molecular flexibility index (Phi) is 10.7. The Balaban J connectivity index is 0.00000385. The van der Waals surface area contributed by atoms with Gasteiger partial charge in [0.15, 0.2) is 5.13 Å². The monoisotopic (exact) mass is 511 g/mol. The lowest BCUT2D eigenvalue weighted by molar-refractivity contribution is 0.0985. The largest absolute Gasteiger partial charge is 0.494 e. The van der Waals surface area contributed by atoms with Gasteiger partial charge in [-0.15, -0.1) is 12.4 Å². The topological polar surface area (TPSA) is 54.9 Å². The average molecular weight is 513 g/mol. The zero-order valence-corrected chi connectivity index (χ0v) is 21.9. The number of hydrogen-bond donors (Lipinski definition) is 0. The molecule has 9 heteroatoms. The molecule has 3 aromatic rings. The third kappa shape index (κ3) is 6.96. The van der Waals surface area contributed by atoms with Crippen molar-refractivity contribution in [2.75, 3.05) is 45.8 Å². The maximum atomic E-state index is 13.5. The number of methoxy groups -OCH3 is 1. The normalized spacial score (nSPS) is 10.8. The minimum absolute atomic E-state index is 0. The summed E-state index contributed by atoms with van der Waals surface area (Å²) in [6.45, 7) is 4.05. The molecular weight excluding hydrogens is 481 g/mol. The number of halogens is 2. The summed E-state index contributed by atoms with van der Waals surface area (Å²) in [5.74, 6) is 1.30. The van der Waals surface area contributed by atoms with Gasteiger partial charge in [-0.2, -0.15) is 0 Å². The number of aromatic nitrogens is 1. The number of anilines is 1. The van der Waals surface area contributed by atoms with E-state index in [0.717, 1.165) is 29.7 Å². The van der Waals surface area contributed by atoms with Crippen LogP contribution in [0, 0.1) is 0 Å². The van der Waals surface area contributed by atoms with Crippen molar-refractivity contribution in [3.63, 3.8) is 0 Å². The van der Waals surface area contributed by atoms with Crippen molar-refractivity contribution in [2.24, 2.45) is 0 Å². The van der Waals surface area contributed by atoms with Crippen LogP contribution in [0.15, 0.2) is 36.4 Å². The minimum Gasteiger partial charge on any atom is -0.494 e. The van der Waals surface area contributed by atoms with E-state index in [1.807, 2.05) is 31.1 Å². The molecule has 33 heavy (non-hydrogen) atoms. The Morgan fingerprint density at radius 2 is 1.82 bits per heavy atom. The molecule has 0 radical (unpaired) electrons. The van der Waals surface area contributed by atoms with Crippen molar-refractivity contribution >= 4 is 56.6 Å². The van der Waals surface area contributed by atoms with E-state index in [1.165, 1.54) is 11.3 Å². The molecule has 0 aliphatic carbocycles. The first-order chi connectivity index (χ1) is 15.4. The van der Waals surface area contributed by atoms with Crippen molar-refractivity contribution in [1.29, 1.82) is 0 Å². The maximum Gasteiger partial charge on any atom is 0.260 e. The van der Waals surface area contributed by atoms with E-state index in [9.17, 15) is 4.79 Å². The molecule has 1 aromatic heterocycles. The van der Waals surface area contributed by atoms with Gasteiger partial charge in [-0.05, 0) is 56.9 Å². The highest BCUT2D eigenvalue weighted by Crippen LogP contribution is 2.39. The fourth-order valence-electron chi connectivity index (χ4n) is 3.20. The third-order valence-corrected chi connectivity index (χ3v) is 6.57. The summed E-state index contributed by atoms with van der Waals surface area (Å²) in [4.78, 5) is 21.9. The number of fused-ring (bicyclic) bond motifs is 1. The Morgan fingerprint density at radius 1 is 1.09 bits per heavy atom. The summed E-state index contributed by atoms with van der Waals surface area (Å²) in [5.41, 5.74) is 1.25. The molecule has 1 heterocycles. The quantitative estimate of drug-likeness (QED) is 0.288. The first-order valence-corrected chi connectivity index (χ1v) is 12.0. The molecule has 0 bridgehead atoms. The van der Waals surface area contributed by atoms with E-state index in [0.29, 0.717) is 46.7 Å². The van der Waals surface area contributed by atoms with Crippen molar-refractivity contribution in [2.45, 2.75) is 26.2 Å². The number of carbonyl (C=O) groups is 1. The number of hydrogen-bond acceptors (Lipinski definition) is 6. The van der Waals surface area contributed by atoms with Gasteiger partial charge in [-0.1, -0.05) is 42.7 Å². The molecule has 6 nitrogen and oxygen atoms in total. The van der Waals surface area contributed by atoms with Crippen LogP contribution in [0.5, 0.6) is 11.5 Å². The standard InChI is InChI=1S/C24H30ClN3O3S.ClH/c1-5-6-7-16-31-18-10-8-17(9-11-18)23(29)28(15-14-27(2)3)24-26-21-20(30-4)13-12-19(25)22(21)32-24;/h8-13H,5-7,14-16H2,1-4H3;1H. The average Bonchev–Trinajstić information content (AvgIpc) is 3.23. The molecule has 180 valence electrons. The van der Waals surface area contributed by atoms with Crippen LogP contribution >= 0.6 is 35.3 Å². The highest BCUT2D eigenvalue weighted by atomic mass is 35.5. The lowest BCUT2D eigenvalue weighted by Gasteiger charge is -2.22. The highest BCUT2D eigenvalue weighted by molar-refractivity contribution is 7.23. The lowest BCUT2D eigenvalue weighted by atomic mass is 10.2. The number of ether oxygens (including phenoxy) is 2. The number of thiazole rings is 1. The van der Waals surface area contributed by atoms with Crippen LogP contribution in [0.3, 0.4) is 0 Å². The fraction of sp³-hybridized carbons (Fsp3) is 0.417. The molecule has 0 saturated carbocycles. The second-order valence-electron chi connectivity index (χ2n) is 7.76. The van der Waals surface area contributed by atoms with Crippen molar-refractivity contribution in [1.82, 2.24) is 9.88 Å². The van der Waals surface area contributed by atoms with E-state index in [2.05, 4.69) is 6.92 Å². The summed E-state index contributed by atoms with van der Waals surface area (Å²) in [7, 11) is 5.56. The van der Waals surface area contributed by atoms with E-state index in [4.69, 9.17) is 26.1 Å². The molecule has 0 aliphatic heterocycles. The van der Waals surface area contributed by atoms with Gasteiger partial charge in [0.1, 0.15) is 17.0 Å². The van der Waals surface area contributed by atoms with Crippen LogP contribution in [0.1, 0.15) is 36.5 Å². The number of carbonyl (C=O) groups excluding carboxylic acids is 1. The van der Waals surface area contributed by atoms with Crippen molar-refractivity contribution in [3.8, 4) is 11.5 Å². The number of rotatable bonds is 11. The van der Waals surface area contributed by atoms with Gasteiger partial charge in [-0.25, -0.2) is 4.98 Å². The molecule has 0 N–H and O–H groups in total. The Bertz CT molecular complexity index is 1040. The van der Waals surface area contributed by atoms with Crippen LogP contribution in [-0.2, 0) is 0 Å². The van der Waals surface area contributed by atoms with Crippen LogP contribution in [-0.4, -0.2) is 56.7 Å². The summed E-state index contributed by atoms with van der Waals surface area (Å²) in [6, 6.07) is 10.9. The molecule has 0 fully saturated rings. The number of nitrogens with zero attached hydrogens (tertiary/aromatic N) is 3. The summed E-state index contributed by atoms with van der Waals surface area (Å²) >= 11 is 7.79. The molecule has 0 unspecified atom stereocenters.